The molecule has 9 nitrogen and oxygen atoms in total. The number of carboxylic acid groups (broad SMARTS) is 2. The molecule has 114 valence electrons. The third kappa shape index (κ3) is 4.06. The lowest BCUT2D eigenvalue weighted by Gasteiger charge is -2.05. The Morgan fingerprint density at radius 2 is 1.19 bits per heavy atom. The Balaban J connectivity index is 3.04. The molecule has 1 aromatic heterocycles. The quantitative estimate of drug-likeness (QED) is 0.555. The molecule has 0 aliphatic rings. The van der Waals surface area contributed by atoms with E-state index in [-0.39, 0.29) is 22.6 Å². The van der Waals surface area contributed by atoms with Crippen LogP contribution in [0.3, 0.4) is 0 Å². The Labute approximate surface area is 118 Å². The highest BCUT2D eigenvalue weighted by molar-refractivity contribution is 6.09. The number of hydrogen-bond donors (Lipinski definition) is 4. The van der Waals surface area contributed by atoms with Gasteiger partial charge in [0.1, 0.15) is 24.6 Å². The summed E-state index contributed by atoms with van der Waals surface area (Å²) in [6.07, 6.45) is 0. The standard InChI is InChI=1S/C12H14N2O7/c1-5-9(11(19)13-3-7(15)16)10(6(2)21-5)12(20)14-4-8(17)18/h3-4H2,1-2H3,(H,13,19)(H,14,20)(H,15,16)(H,17,18). The minimum absolute atomic E-state index is 0.114. The first kappa shape index (κ1) is 16.2. The molecule has 0 saturated carbocycles. The van der Waals surface area contributed by atoms with E-state index in [9.17, 15) is 19.2 Å². The topological polar surface area (TPSA) is 146 Å². The van der Waals surface area contributed by atoms with E-state index in [1.807, 2.05) is 0 Å². The van der Waals surface area contributed by atoms with Gasteiger partial charge in [0.15, 0.2) is 0 Å². The molecule has 21 heavy (non-hydrogen) atoms. The molecule has 0 spiro atoms. The maximum Gasteiger partial charge on any atom is 0.322 e. The van der Waals surface area contributed by atoms with Crippen LogP contribution in [0.5, 0.6) is 0 Å². The first-order chi connectivity index (χ1) is 9.73. The van der Waals surface area contributed by atoms with Gasteiger partial charge < -0.3 is 25.3 Å². The number of aryl methyl sites for hydroxylation is 2. The summed E-state index contributed by atoms with van der Waals surface area (Å²) in [5, 5.41) is 21.3. The predicted octanol–water partition coefficient (Wildman–Crippen LogP) is -0.475. The lowest BCUT2D eigenvalue weighted by Crippen LogP contribution is -2.34. The fourth-order valence-corrected chi connectivity index (χ4v) is 1.72. The Hall–Kier alpha value is -2.84. The zero-order chi connectivity index (χ0) is 16.2. The van der Waals surface area contributed by atoms with Crippen molar-refractivity contribution < 1.29 is 33.8 Å². The summed E-state index contributed by atoms with van der Waals surface area (Å²) >= 11 is 0. The lowest BCUT2D eigenvalue weighted by molar-refractivity contribution is -0.136. The van der Waals surface area contributed by atoms with Crippen molar-refractivity contribution in [1.29, 1.82) is 0 Å². The number of carboxylic acids is 2. The Bertz CT molecular complexity index is 552. The zero-order valence-electron chi connectivity index (χ0n) is 11.3. The monoisotopic (exact) mass is 298 g/mol. The third-order valence-electron chi connectivity index (χ3n) is 2.51. The number of rotatable bonds is 6. The van der Waals surface area contributed by atoms with E-state index in [0.717, 1.165) is 0 Å². The average Bonchev–Trinajstić information content (AvgIpc) is 2.67. The van der Waals surface area contributed by atoms with Gasteiger partial charge in [0.25, 0.3) is 11.8 Å². The van der Waals surface area contributed by atoms with Gasteiger partial charge in [0.05, 0.1) is 11.1 Å². The molecular formula is C12H14N2O7. The van der Waals surface area contributed by atoms with Crippen LogP contribution in [0.4, 0.5) is 0 Å². The summed E-state index contributed by atoms with van der Waals surface area (Å²) in [5.41, 5.74) is -0.228. The summed E-state index contributed by atoms with van der Waals surface area (Å²) < 4.78 is 5.19. The van der Waals surface area contributed by atoms with Gasteiger partial charge in [0, 0.05) is 0 Å². The number of aliphatic carboxylic acids is 2. The second-order valence-corrected chi connectivity index (χ2v) is 4.12. The van der Waals surface area contributed by atoms with Crippen LogP contribution in [0, 0.1) is 13.8 Å². The van der Waals surface area contributed by atoms with Crippen LogP contribution in [0.1, 0.15) is 32.2 Å². The molecule has 2 amide bonds. The van der Waals surface area contributed by atoms with Gasteiger partial charge in [0.2, 0.25) is 0 Å². The molecule has 0 radical (unpaired) electrons. The second-order valence-electron chi connectivity index (χ2n) is 4.12. The number of carbonyl (C=O) groups is 4. The number of carbonyl (C=O) groups excluding carboxylic acids is 2. The van der Waals surface area contributed by atoms with Gasteiger partial charge in [-0.2, -0.15) is 0 Å². The SMILES string of the molecule is Cc1oc(C)c(C(=O)NCC(=O)O)c1C(=O)NCC(=O)O. The molecule has 0 unspecified atom stereocenters. The van der Waals surface area contributed by atoms with Crippen molar-refractivity contribution in [1.82, 2.24) is 10.6 Å². The highest BCUT2D eigenvalue weighted by atomic mass is 16.4. The number of hydrogen-bond acceptors (Lipinski definition) is 5. The zero-order valence-corrected chi connectivity index (χ0v) is 11.3. The molecule has 9 heteroatoms. The van der Waals surface area contributed by atoms with Crippen LogP contribution in [0.25, 0.3) is 0 Å². The normalized spacial score (nSPS) is 10.0. The smallest absolute Gasteiger partial charge is 0.322 e. The van der Waals surface area contributed by atoms with E-state index in [2.05, 4.69) is 10.6 Å². The number of furan rings is 1. The molecule has 0 fully saturated rings. The highest BCUT2D eigenvalue weighted by Crippen LogP contribution is 2.21. The Morgan fingerprint density at radius 1 is 0.857 bits per heavy atom. The summed E-state index contributed by atoms with van der Waals surface area (Å²) in [7, 11) is 0. The van der Waals surface area contributed by atoms with Gasteiger partial charge in [-0.15, -0.1) is 0 Å². The molecule has 0 aliphatic carbocycles. The molecule has 0 aliphatic heterocycles. The summed E-state index contributed by atoms with van der Waals surface area (Å²) in [4.78, 5) is 44.7. The second kappa shape index (κ2) is 6.55. The summed E-state index contributed by atoms with van der Waals surface area (Å²) in [6.45, 7) is 1.66. The predicted molar refractivity (Wildman–Crippen MR) is 68.1 cm³/mol. The van der Waals surface area contributed by atoms with Crippen LogP contribution < -0.4 is 10.6 Å². The van der Waals surface area contributed by atoms with E-state index < -0.39 is 36.8 Å². The van der Waals surface area contributed by atoms with E-state index in [1.165, 1.54) is 13.8 Å². The fraction of sp³-hybridized carbons (Fsp3) is 0.333. The molecule has 0 atom stereocenters. The van der Waals surface area contributed by atoms with Crippen LogP contribution in [-0.4, -0.2) is 47.1 Å². The highest BCUT2D eigenvalue weighted by Gasteiger charge is 2.26. The number of nitrogens with one attached hydrogen (secondary N) is 2. The van der Waals surface area contributed by atoms with Crippen molar-refractivity contribution in [3.63, 3.8) is 0 Å². The van der Waals surface area contributed by atoms with Crippen LogP contribution >= 0.6 is 0 Å². The van der Waals surface area contributed by atoms with Crippen LogP contribution in [0.2, 0.25) is 0 Å². The molecule has 1 rings (SSSR count). The van der Waals surface area contributed by atoms with Gasteiger partial charge in [-0.05, 0) is 13.8 Å². The number of amides is 2. The molecule has 1 heterocycles. The van der Waals surface area contributed by atoms with Crippen molar-refractivity contribution >= 4 is 23.8 Å². The molecular weight excluding hydrogens is 284 g/mol. The lowest BCUT2D eigenvalue weighted by atomic mass is 10.1. The van der Waals surface area contributed by atoms with Crippen molar-refractivity contribution in [3.8, 4) is 0 Å². The van der Waals surface area contributed by atoms with Crippen molar-refractivity contribution in [3.05, 3.63) is 22.6 Å². The van der Waals surface area contributed by atoms with Crippen molar-refractivity contribution in [2.24, 2.45) is 0 Å². The maximum atomic E-state index is 11.9. The van der Waals surface area contributed by atoms with E-state index in [0.29, 0.717) is 0 Å². The van der Waals surface area contributed by atoms with E-state index in [4.69, 9.17) is 14.6 Å². The summed E-state index contributed by atoms with van der Waals surface area (Å²) in [5.74, 6) is -3.78. The minimum atomic E-state index is -1.24. The Kier molecular flexibility index (Phi) is 5.06. The van der Waals surface area contributed by atoms with E-state index >= 15 is 0 Å². The third-order valence-corrected chi connectivity index (χ3v) is 2.51. The molecule has 0 saturated heterocycles. The molecule has 4 N–H and O–H groups in total. The largest absolute Gasteiger partial charge is 0.480 e. The van der Waals surface area contributed by atoms with Gasteiger partial charge in [-0.25, -0.2) is 0 Å². The summed E-state index contributed by atoms with van der Waals surface area (Å²) in [6, 6.07) is 0. The molecule has 0 bridgehead atoms. The van der Waals surface area contributed by atoms with E-state index in [1.54, 1.807) is 0 Å². The van der Waals surface area contributed by atoms with Gasteiger partial charge in [-0.3, -0.25) is 19.2 Å². The van der Waals surface area contributed by atoms with Crippen molar-refractivity contribution in [2.45, 2.75) is 13.8 Å². The maximum absolute atomic E-state index is 11.9. The first-order valence-electron chi connectivity index (χ1n) is 5.84. The van der Waals surface area contributed by atoms with Crippen LogP contribution in [0.15, 0.2) is 4.42 Å². The first-order valence-corrected chi connectivity index (χ1v) is 5.84. The van der Waals surface area contributed by atoms with Gasteiger partial charge in [-0.1, -0.05) is 0 Å². The molecule has 0 aromatic carbocycles. The Morgan fingerprint density at radius 3 is 1.48 bits per heavy atom. The van der Waals surface area contributed by atoms with Crippen LogP contribution in [-0.2, 0) is 9.59 Å². The molecule has 1 aromatic rings. The fourth-order valence-electron chi connectivity index (χ4n) is 1.72. The minimum Gasteiger partial charge on any atom is -0.480 e. The van der Waals surface area contributed by atoms with Gasteiger partial charge >= 0.3 is 11.9 Å². The van der Waals surface area contributed by atoms with Crippen molar-refractivity contribution in [2.75, 3.05) is 13.1 Å². The average molecular weight is 298 g/mol.